The summed E-state index contributed by atoms with van der Waals surface area (Å²) in [7, 11) is 0. The van der Waals surface area contributed by atoms with Gasteiger partial charge in [0.1, 0.15) is 0 Å². The lowest BCUT2D eigenvalue weighted by Gasteiger charge is -2.14. The Morgan fingerprint density at radius 1 is 1.70 bits per heavy atom. The third-order valence-corrected chi connectivity index (χ3v) is 1.75. The van der Waals surface area contributed by atoms with Gasteiger partial charge in [-0.2, -0.15) is 0 Å². The lowest BCUT2D eigenvalue weighted by Crippen LogP contribution is -2.24. The highest BCUT2D eigenvalue weighted by atomic mass is 16.5. The second-order valence-electron chi connectivity index (χ2n) is 2.85. The quantitative estimate of drug-likeness (QED) is 0.572. The molecule has 0 amide bonds. The van der Waals surface area contributed by atoms with E-state index in [1.54, 1.807) is 6.92 Å². The fourth-order valence-electron chi connectivity index (χ4n) is 1.20. The lowest BCUT2D eigenvalue weighted by atomic mass is 10.1. The van der Waals surface area contributed by atoms with Crippen molar-refractivity contribution in [2.75, 3.05) is 6.61 Å². The normalized spacial score (nSPS) is 36.3. The van der Waals surface area contributed by atoms with Gasteiger partial charge in [-0.05, 0) is 13.3 Å². The van der Waals surface area contributed by atoms with Crippen LogP contribution < -0.4 is 0 Å². The van der Waals surface area contributed by atoms with Gasteiger partial charge in [0.15, 0.2) is 0 Å². The number of hydrogen-bond donors (Lipinski definition) is 2. The van der Waals surface area contributed by atoms with E-state index in [2.05, 4.69) is 0 Å². The highest BCUT2D eigenvalue weighted by molar-refractivity contribution is 4.76. The van der Waals surface area contributed by atoms with Crippen molar-refractivity contribution < 1.29 is 14.9 Å². The van der Waals surface area contributed by atoms with Crippen molar-refractivity contribution in [1.29, 1.82) is 0 Å². The van der Waals surface area contributed by atoms with Crippen LogP contribution in [-0.2, 0) is 4.74 Å². The van der Waals surface area contributed by atoms with Crippen LogP contribution in [0.15, 0.2) is 0 Å². The summed E-state index contributed by atoms with van der Waals surface area (Å²) in [6.45, 7) is 2.33. The maximum Gasteiger partial charge on any atom is 0.0859 e. The van der Waals surface area contributed by atoms with E-state index in [9.17, 15) is 5.11 Å². The third kappa shape index (κ3) is 1.94. The zero-order valence-electron chi connectivity index (χ0n) is 6.16. The summed E-state index contributed by atoms with van der Waals surface area (Å²) >= 11 is 0. The van der Waals surface area contributed by atoms with Crippen LogP contribution in [0.5, 0.6) is 0 Å². The Morgan fingerprint density at radius 3 is 2.80 bits per heavy atom. The highest BCUT2D eigenvalue weighted by Gasteiger charge is 2.26. The molecule has 0 aliphatic carbocycles. The molecule has 10 heavy (non-hydrogen) atoms. The van der Waals surface area contributed by atoms with Crippen molar-refractivity contribution >= 4 is 0 Å². The maximum atomic E-state index is 9.20. The van der Waals surface area contributed by atoms with Crippen LogP contribution in [0.25, 0.3) is 0 Å². The summed E-state index contributed by atoms with van der Waals surface area (Å²) < 4.78 is 5.17. The molecule has 0 aromatic rings. The Labute approximate surface area is 60.6 Å². The smallest absolute Gasteiger partial charge is 0.0859 e. The molecule has 3 atom stereocenters. The van der Waals surface area contributed by atoms with Crippen LogP contribution in [0.4, 0.5) is 0 Å². The first-order valence-electron chi connectivity index (χ1n) is 3.68. The highest BCUT2D eigenvalue weighted by Crippen LogP contribution is 2.17. The van der Waals surface area contributed by atoms with Crippen LogP contribution in [0.2, 0.25) is 0 Å². The average molecular weight is 146 g/mol. The van der Waals surface area contributed by atoms with Crippen molar-refractivity contribution in [3.05, 3.63) is 0 Å². The van der Waals surface area contributed by atoms with E-state index in [1.165, 1.54) is 0 Å². The van der Waals surface area contributed by atoms with Gasteiger partial charge in [0.2, 0.25) is 0 Å². The van der Waals surface area contributed by atoms with E-state index >= 15 is 0 Å². The van der Waals surface area contributed by atoms with Crippen LogP contribution in [0.3, 0.4) is 0 Å². The lowest BCUT2D eigenvalue weighted by molar-refractivity contribution is 0.00897. The molecule has 3 nitrogen and oxygen atoms in total. The molecule has 0 bridgehead atoms. The van der Waals surface area contributed by atoms with Crippen molar-refractivity contribution in [3.63, 3.8) is 0 Å². The number of ether oxygens (including phenoxy) is 1. The molecular formula is C7H14O3. The number of hydrogen-bond acceptors (Lipinski definition) is 3. The second-order valence-corrected chi connectivity index (χ2v) is 2.85. The molecule has 1 heterocycles. The van der Waals surface area contributed by atoms with Gasteiger partial charge in [-0.1, -0.05) is 0 Å². The van der Waals surface area contributed by atoms with Crippen LogP contribution in [-0.4, -0.2) is 35.1 Å². The van der Waals surface area contributed by atoms with Gasteiger partial charge in [0, 0.05) is 13.0 Å². The van der Waals surface area contributed by atoms with E-state index in [0.717, 1.165) is 0 Å². The van der Waals surface area contributed by atoms with Gasteiger partial charge in [-0.25, -0.2) is 0 Å². The topological polar surface area (TPSA) is 49.7 Å². The van der Waals surface area contributed by atoms with Crippen LogP contribution >= 0.6 is 0 Å². The van der Waals surface area contributed by atoms with Crippen molar-refractivity contribution in [2.45, 2.75) is 38.1 Å². The Balaban J connectivity index is 2.26. The van der Waals surface area contributed by atoms with Gasteiger partial charge >= 0.3 is 0 Å². The van der Waals surface area contributed by atoms with Crippen molar-refractivity contribution in [2.24, 2.45) is 0 Å². The first-order chi connectivity index (χ1) is 4.70. The number of rotatable bonds is 2. The second kappa shape index (κ2) is 3.32. The molecule has 1 fully saturated rings. The summed E-state index contributed by atoms with van der Waals surface area (Å²) in [6, 6.07) is 0. The Bertz CT molecular complexity index is 103. The molecule has 0 saturated carbocycles. The molecule has 1 saturated heterocycles. The van der Waals surface area contributed by atoms with Crippen molar-refractivity contribution in [1.82, 2.24) is 0 Å². The monoisotopic (exact) mass is 146 g/mol. The van der Waals surface area contributed by atoms with Gasteiger partial charge in [0.25, 0.3) is 0 Å². The summed E-state index contributed by atoms with van der Waals surface area (Å²) in [5, 5.41) is 18.1. The van der Waals surface area contributed by atoms with E-state index in [0.29, 0.717) is 19.4 Å². The summed E-state index contributed by atoms with van der Waals surface area (Å²) in [5.74, 6) is 0. The minimum absolute atomic E-state index is 0.139. The maximum absolute atomic E-state index is 9.20. The predicted octanol–water partition coefficient (Wildman–Crippen LogP) is -0.0929. The number of aliphatic hydroxyl groups is 2. The molecule has 1 aliphatic rings. The zero-order valence-corrected chi connectivity index (χ0v) is 6.16. The fourth-order valence-corrected chi connectivity index (χ4v) is 1.20. The zero-order chi connectivity index (χ0) is 7.56. The minimum Gasteiger partial charge on any atom is -0.393 e. The van der Waals surface area contributed by atoms with E-state index < -0.39 is 0 Å². The molecule has 1 rings (SSSR count). The van der Waals surface area contributed by atoms with E-state index in [-0.39, 0.29) is 18.3 Å². The first kappa shape index (κ1) is 7.98. The Hall–Kier alpha value is -0.120. The summed E-state index contributed by atoms with van der Waals surface area (Å²) in [5.41, 5.74) is 0. The SMILES string of the molecule is C[C@@H](O)C[C@@H]1OCC[C@@H]1O. The Kier molecular flexibility index (Phi) is 2.65. The third-order valence-electron chi connectivity index (χ3n) is 1.75. The van der Waals surface area contributed by atoms with Gasteiger partial charge < -0.3 is 14.9 Å². The van der Waals surface area contributed by atoms with Crippen LogP contribution in [0, 0.1) is 0 Å². The van der Waals surface area contributed by atoms with E-state index in [4.69, 9.17) is 9.84 Å². The molecule has 3 heteroatoms. The van der Waals surface area contributed by atoms with Gasteiger partial charge in [0.05, 0.1) is 18.3 Å². The molecule has 1 aliphatic heterocycles. The van der Waals surface area contributed by atoms with Gasteiger partial charge in [-0.3, -0.25) is 0 Å². The fraction of sp³-hybridized carbons (Fsp3) is 1.00. The summed E-state index contributed by atoms with van der Waals surface area (Å²) in [6.07, 6.45) is 0.366. The molecule has 0 spiro atoms. The molecular weight excluding hydrogens is 132 g/mol. The predicted molar refractivity (Wildman–Crippen MR) is 36.7 cm³/mol. The van der Waals surface area contributed by atoms with E-state index in [1.807, 2.05) is 0 Å². The standard InChI is InChI=1S/C7H14O3/c1-5(8)4-7-6(9)2-3-10-7/h5-9H,2-4H2,1H3/t5-,6+,7+/m1/s1. The molecule has 0 radical (unpaired) electrons. The number of aliphatic hydroxyl groups excluding tert-OH is 2. The molecule has 2 N–H and O–H groups in total. The average Bonchev–Trinajstić information content (AvgIpc) is 2.15. The largest absolute Gasteiger partial charge is 0.393 e. The van der Waals surface area contributed by atoms with Gasteiger partial charge in [-0.15, -0.1) is 0 Å². The molecule has 0 unspecified atom stereocenters. The molecule has 60 valence electrons. The van der Waals surface area contributed by atoms with Crippen molar-refractivity contribution in [3.8, 4) is 0 Å². The van der Waals surface area contributed by atoms with Crippen LogP contribution in [0.1, 0.15) is 19.8 Å². The Morgan fingerprint density at radius 2 is 2.40 bits per heavy atom. The summed E-state index contributed by atoms with van der Waals surface area (Å²) in [4.78, 5) is 0. The first-order valence-corrected chi connectivity index (χ1v) is 3.68. The minimum atomic E-state index is -0.377. The molecule has 0 aromatic carbocycles. The molecule has 0 aromatic heterocycles.